The Hall–Kier alpha value is -0.850. The van der Waals surface area contributed by atoms with Gasteiger partial charge in [0, 0.05) is 0 Å². The first-order chi connectivity index (χ1) is 6.20. The van der Waals surface area contributed by atoms with Gasteiger partial charge >= 0.3 is 0 Å². The van der Waals surface area contributed by atoms with Crippen LogP contribution < -0.4 is 0 Å². The lowest BCUT2D eigenvalue weighted by Crippen LogP contribution is -2.08. The molecular formula is C10H11F. The molecule has 0 atom stereocenters. The van der Waals surface area contributed by atoms with Gasteiger partial charge in [-0.15, -0.1) is 0 Å². The lowest BCUT2D eigenvalue weighted by atomic mass is 9.80. The fourth-order valence-electron chi connectivity index (χ4n) is 1.34. The van der Waals surface area contributed by atoms with Crippen LogP contribution in [0.25, 0.3) is 0 Å². The van der Waals surface area contributed by atoms with E-state index in [4.69, 9.17) is 2.74 Å². The zero-order chi connectivity index (χ0) is 9.42. The zero-order valence-electron chi connectivity index (χ0n) is 8.23. The molecule has 2 rings (SSSR count). The minimum Gasteiger partial charge on any atom is -0.207 e. The molecule has 1 fully saturated rings. The van der Waals surface area contributed by atoms with Gasteiger partial charge < -0.3 is 0 Å². The molecule has 1 aliphatic carbocycles. The Morgan fingerprint density at radius 2 is 2.18 bits per heavy atom. The van der Waals surface area contributed by atoms with E-state index in [1.165, 1.54) is 12.5 Å². The van der Waals surface area contributed by atoms with Crippen LogP contribution in [0, 0.1) is 5.82 Å². The van der Waals surface area contributed by atoms with Crippen molar-refractivity contribution in [3.8, 4) is 0 Å². The Morgan fingerprint density at radius 3 is 2.82 bits per heavy atom. The van der Waals surface area contributed by atoms with Crippen molar-refractivity contribution in [3.05, 3.63) is 35.6 Å². The van der Waals surface area contributed by atoms with Gasteiger partial charge in [-0.05, 0) is 36.4 Å². The van der Waals surface area contributed by atoms with Crippen molar-refractivity contribution in [2.45, 2.75) is 25.2 Å². The molecule has 0 aliphatic heterocycles. The second kappa shape index (κ2) is 2.65. The van der Waals surface area contributed by atoms with Crippen molar-refractivity contribution in [2.75, 3.05) is 0 Å². The number of halogens is 1. The molecule has 0 saturated heterocycles. The van der Waals surface area contributed by atoms with Crippen LogP contribution in [0.3, 0.4) is 0 Å². The van der Waals surface area contributed by atoms with Gasteiger partial charge in [-0.1, -0.05) is 18.5 Å². The SMILES string of the molecule is [2H]c1c(F)ccc(C2CCC2)c1[2H]. The van der Waals surface area contributed by atoms with Gasteiger partial charge in [0.05, 0.1) is 2.74 Å². The quantitative estimate of drug-likeness (QED) is 0.580. The van der Waals surface area contributed by atoms with Crippen molar-refractivity contribution in [2.24, 2.45) is 0 Å². The third-order valence-corrected chi connectivity index (χ3v) is 2.28. The number of rotatable bonds is 1. The highest BCUT2D eigenvalue weighted by atomic mass is 19.1. The van der Waals surface area contributed by atoms with Gasteiger partial charge in [0.2, 0.25) is 0 Å². The molecule has 0 amide bonds. The van der Waals surface area contributed by atoms with Crippen LogP contribution in [0.15, 0.2) is 24.2 Å². The molecule has 0 nitrogen and oxygen atoms in total. The van der Waals surface area contributed by atoms with E-state index >= 15 is 0 Å². The van der Waals surface area contributed by atoms with Crippen LogP contribution in [-0.4, -0.2) is 0 Å². The summed E-state index contributed by atoms with van der Waals surface area (Å²) in [4.78, 5) is 0. The highest BCUT2D eigenvalue weighted by Gasteiger charge is 2.18. The van der Waals surface area contributed by atoms with Gasteiger partial charge in [-0.3, -0.25) is 0 Å². The van der Waals surface area contributed by atoms with Crippen LogP contribution in [-0.2, 0) is 0 Å². The van der Waals surface area contributed by atoms with E-state index in [1.54, 1.807) is 6.07 Å². The monoisotopic (exact) mass is 152 g/mol. The van der Waals surface area contributed by atoms with Crippen LogP contribution in [0.1, 0.15) is 33.5 Å². The molecule has 11 heavy (non-hydrogen) atoms. The minimum atomic E-state index is -0.590. The second-order valence-electron chi connectivity index (χ2n) is 3.01. The molecule has 0 unspecified atom stereocenters. The zero-order valence-corrected chi connectivity index (χ0v) is 6.23. The first-order valence-corrected chi connectivity index (χ1v) is 3.95. The number of hydrogen-bond donors (Lipinski definition) is 0. The summed E-state index contributed by atoms with van der Waals surface area (Å²) in [5, 5.41) is 0. The molecule has 58 valence electrons. The van der Waals surface area contributed by atoms with E-state index in [-0.39, 0.29) is 12.1 Å². The van der Waals surface area contributed by atoms with E-state index in [2.05, 4.69) is 0 Å². The topological polar surface area (TPSA) is 0 Å². The molecule has 0 heterocycles. The van der Waals surface area contributed by atoms with Gasteiger partial charge in [0.25, 0.3) is 0 Å². The third kappa shape index (κ3) is 1.28. The highest BCUT2D eigenvalue weighted by molar-refractivity contribution is 5.21. The van der Waals surface area contributed by atoms with Crippen LogP contribution in [0.5, 0.6) is 0 Å². The standard InChI is InChI=1S/C10H11F/c11-10-6-4-9(5-7-10)8-2-1-3-8/h4-8H,1-3H2/i4D,6D. The molecule has 1 aromatic carbocycles. The summed E-state index contributed by atoms with van der Waals surface area (Å²) in [7, 11) is 0. The smallest absolute Gasteiger partial charge is 0.123 e. The van der Waals surface area contributed by atoms with Gasteiger partial charge in [-0.2, -0.15) is 0 Å². The Balaban J connectivity index is 2.41. The minimum absolute atomic E-state index is 0.0738. The summed E-state index contributed by atoms with van der Waals surface area (Å²) in [6.07, 6.45) is 3.35. The predicted octanol–water partition coefficient (Wildman–Crippen LogP) is 3.09. The van der Waals surface area contributed by atoms with Crippen molar-refractivity contribution in [3.63, 3.8) is 0 Å². The lowest BCUT2D eigenvalue weighted by molar-refractivity contribution is 0.419. The van der Waals surface area contributed by atoms with Crippen LogP contribution in [0.2, 0.25) is 0 Å². The molecule has 1 aromatic rings. The summed E-state index contributed by atoms with van der Waals surface area (Å²) >= 11 is 0. The molecule has 1 aliphatic rings. The lowest BCUT2D eigenvalue weighted by Gasteiger charge is -2.25. The largest absolute Gasteiger partial charge is 0.207 e. The first-order valence-electron chi connectivity index (χ1n) is 4.95. The van der Waals surface area contributed by atoms with Gasteiger partial charge in [0.15, 0.2) is 0 Å². The molecule has 1 heteroatoms. The highest BCUT2D eigenvalue weighted by Crippen LogP contribution is 2.35. The van der Waals surface area contributed by atoms with Gasteiger partial charge in [0.1, 0.15) is 5.82 Å². The molecule has 0 N–H and O–H groups in total. The van der Waals surface area contributed by atoms with E-state index in [9.17, 15) is 4.39 Å². The van der Waals surface area contributed by atoms with Crippen LogP contribution in [0.4, 0.5) is 4.39 Å². The summed E-state index contributed by atoms with van der Waals surface area (Å²) < 4.78 is 27.7. The normalized spacial score (nSPS) is 20.5. The predicted molar refractivity (Wildman–Crippen MR) is 43.0 cm³/mol. The molecule has 1 saturated carbocycles. The average molecular weight is 152 g/mol. The molecular weight excluding hydrogens is 139 g/mol. The maximum atomic E-state index is 12.8. The first kappa shape index (κ1) is 4.91. The fraction of sp³-hybridized carbons (Fsp3) is 0.400. The summed E-state index contributed by atoms with van der Waals surface area (Å²) in [6.45, 7) is 0. The fourth-order valence-corrected chi connectivity index (χ4v) is 1.34. The van der Waals surface area contributed by atoms with Crippen LogP contribution >= 0.6 is 0 Å². The van der Waals surface area contributed by atoms with E-state index in [1.807, 2.05) is 0 Å². The molecule has 0 spiro atoms. The molecule has 0 aromatic heterocycles. The maximum absolute atomic E-state index is 12.8. The second-order valence-corrected chi connectivity index (χ2v) is 3.01. The molecule has 0 radical (unpaired) electrons. The van der Waals surface area contributed by atoms with Crippen molar-refractivity contribution in [1.29, 1.82) is 0 Å². The maximum Gasteiger partial charge on any atom is 0.123 e. The van der Waals surface area contributed by atoms with Gasteiger partial charge in [-0.25, -0.2) is 4.39 Å². The Morgan fingerprint density at radius 1 is 1.36 bits per heavy atom. The van der Waals surface area contributed by atoms with Crippen molar-refractivity contribution in [1.82, 2.24) is 0 Å². The number of benzene rings is 1. The Kier molecular flexibility index (Phi) is 1.18. The summed E-state index contributed by atoms with van der Waals surface area (Å²) in [5.41, 5.74) is 0.845. The third-order valence-electron chi connectivity index (χ3n) is 2.28. The number of hydrogen-bond acceptors (Lipinski definition) is 0. The van der Waals surface area contributed by atoms with Crippen molar-refractivity contribution < 1.29 is 7.13 Å². The van der Waals surface area contributed by atoms with E-state index in [0.717, 1.165) is 18.4 Å². The average Bonchev–Trinajstić information content (AvgIpc) is 2.03. The Bertz CT molecular complexity index is 332. The van der Waals surface area contributed by atoms with E-state index in [0.29, 0.717) is 5.92 Å². The van der Waals surface area contributed by atoms with Crippen molar-refractivity contribution >= 4 is 0 Å². The van der Waals surface area contributed by atoms with E-state index < -0.39 is 5.82 Å². The summed E-state index contributed by atoms with van der Waals surface area (Å²) in [6, 6.07) is 2.77. The Labute approximate surface area is 68.9 Å². The molecule has 0 bridgehead atoms. The summed E-state index contributed by atoms with van der Waals surface area (Å²) in [5.74, 6) is -0.190.